The van der Waals surface area contributed by atoms with Gasteiger partial charge < -0.3 is 9.84 Å². The van der Waals surface area contributed by atoms with E-state index in [2.05, 4.69) is 67.8 Å². The number of halogens is 3. The molecule has 4 nitrogen and oxygen atoms in total. The molecule has 1 saturated carbocycles. The monoisotopic (exact) mass is 626 g/mol. The largest absolute Gasteiger partial charge is 0.481 e. The topological polar surface area (TPSA) is 63.6 Å². The van der Waals surface area contributed by atoms with Crippen LogP contribution in [0.15, 0.2) is 12.1 Å². The van der Waals surface area contributed by atoms with Crippen molar-refractivity contribution in [3.8, 4) is 0 Å². The summed E-state index contributed by atoms with van der Waals surface area (Å²) in [5.41, 5.74) is 0.560. The average Bonchev–Trinajstić information content (AvgIpc) is 2.43. The molecule has 1 aromatic rings. The Hall–Kier alpha value is 0.350. The van der Waals surface area contributed by atoms with Crippen LogP contribution < -0.4 is 0 Å². The van der Waals surface area contributed by atoms with E-state index in [0.717, 1.165) is 23.6 Å². The fourth-order valence-electron chi connectivity index (χ4n) is 2.40. The zero-order valence-corrected chi connectivity index (χ0v) is 17.4. The molecule has 2 rings (SSSR count). The Morgan fingerprint density at radius 1 is 1.19 bits per heavy atom. The van der Waals surface area contributed by atoms with Gasteiger partial charge in [0, 0.05) is 10.7 Å². The number of benzene rings is 1. The molecule has 0 radical (unpaired) electrons. The van der Waals surface area contributed by atoms with Gasteiger partial charge >= 0.3 is 11.9 Å². The summed E-state index contributed by atoms with van der Waals surface area (Å²) >= 11 is 6.50. The van der Waals surface area contributed by atoms with E-state index in [1.807, 2.05) is 12.1 Å². The lowest BCUT2D eigenvalue weighted by molar-refractivity contribution is -0.144. The number of ether oxygens (including phenoxy) is 1. The number of hydrogen-bond acceptors (Lipinski definition) is 3. The third kappa shape index (κ3) is 4.66. The zero-order chi connectivity index (χ0) is 15.6. The van der Waals surface area contributed by atoms with Crippen LogP contribution in [0, 0.1) is 16.6 Å². The van der Waals surface area contributed by atoms with E-state index < -0.39 is 11.9 Å². The molecule has 1 N–H and O–H groups in total. The van der Waals surface area contributed by atoms with Crippen molar-refractivity contribution in [2.24, 2.45) is 5.92 Å². The molecule has 0 spiro atoms. The van der Waals surface area contributed by atoms with Crippen LogP contribution in [0.1, 0.15) is 36.0 Å². The van der Waals surface area contributed by atoms with Crippen molar-refractivity contribution in [1.82, 2.24) is 0 Å². The van der Waals surface area contributed by atoms with Crippen molar-refractivity contribution in [2.45, 2.75) is 31.8 Å². The minimum Gasteiger partial charge on any atom is -0.481 e. The highest BCUT2D eigenvalue weighted by Crippen LogP contribution is 2.29. The maximum absolute atomic E-state index is 12.3. The first-order valence-electron chi connectivity index (χ1n) is 6.46. The second kappa shape index (κ2) is 7.75. The summed E-state index contributed by atoms with van der Waals surface area (Å²) in [6.07, 6.45) is 2.32. The van der Waals surface area contributed by atoms with Crippen LogP contribution in [0.25, 0.3) is 0 Å². The Balaban J connectivity index is 2.10. The highest BCUT2D eigenvalue weighted by molar-refractivity contribution is 14.1. The van der Waals surface area contributed by atoms with Crippen LogP contribution in [0.5, 0.6) is 0 Å². The molecule has 0 heterocycles. The number of hydrogen-bond donors (Lipinski definition) is 1. The maximum atomic E-state index is 12.3. The molecule has 114 valence electrons. The number of carbonyl (C=O) groups excluding carboxylic acids is 1. The second-order valence-corrected chi connectivity index (χ2v) is 8.46. The Bertz CT molecular complexity index is 574. The number of carboxylic acid groups (broad SMARTS) is 1. The van der Waals surface area contributed by atoms with E-state index in [0.29, 0.717) is 18.4 Å². The number of rotatable bonds is 3. The first-order chi connectivity index (χ1) is 9.88. The van der Waals surface area contributed by atoms with Gasteiger partial charge in [0.1, 0.15) is 6.10 Å². The van der Waals surface area contributed by atoms with E-state index in [1.165, 1.54) is 0 Å². The minimum atomic E-state index is -0.797. The first-order valence-corrected chi connectivity index (χ1v) is 9.70. The second-order valence-electron chi connectivity index (χ2n) is 4.98. The van der Waals surface area contributed by atoms with E-state index in [1.54, 1.807) is 0 Å². The Morgan fingerprint density at radius 2 is 1.90 bits per heavy atom. The fourth-order valence-corrected chi connectivity index (χ4v) is 4.77. The third-order valence-corrected chi connectivity index (χ3v) is 7.13. The summed E-state index contributed by atoms with van der Waals surface area (Å²) in [6, 6.07) is 3.81. The van der Waals surface area contributed by atoms with Gasteiger partial charge in [-0.15, -0.1) is 0 Å². The SMILES string of the molecule is O=C(OC1CCCC(C(=O)O)C1)c1cc(I)cc(I)c1I. The summed E-state index contributed by atoms with van der Waals surface area (Å²) < 4.78 is 8.41. The Morgan fingerprint density at radius 3 is 2.57 bits per heavy atom. The van der Waals surface area contributed by atoms with Crippen LogP contribution >= 0.6 is 67.8 Å². The highest BCUT2D eigenvalue weighted by Gasteiger charge is 2.30. The highest BCUT2D eigenvalue weighted by atomic mass is 127. The van der Waals surface area contributed by atoms with E-state index >= 15 is 0 Å². The molecule has 1 aliphatic rings. The Kier molecular flexibility index (Phi) is 6.53. The van der Waals surface area contributed by atoms with Gasteiger partial charge in [-0.1, -0.05) is 0 Å². The maximum Gasteiger partial charge on any atom is 0.339 e. The van der Waals surface area contributed by atoms with Gasteiger partial charge in [-0.05, 0) is 106 Å². The van der Waals surface area contributed by atoms with Crippen LogP contribution in [0.3, 0.4) is 0 Å². The molecule has 0 bridgehead atoms. The lowest BCUT2D eigenvalue weighted by Crippen LogP contribution is -2.29. The third-order valence-electron chi connectivity index (χ3n) is 3.46. The van der Waals surface area contributed by atoms with Crippen molar-refractivity contribution in [3.63, 3.8) is 0 Å². The molecular weight excluding hydrogens is 613 g/mol. The van der Waals surface area contributed by atoms with Crippen molar-refractivity contribution in [2.75, 3.05) is 0 Å². The summed E-state index contributed by atoms with van der Waals surface area (Å²) in [6.45, 7) is 0. The van der Waals surface area contributed by atoms with Crippen molar-refractivity contribution in [3.05, 3.63) is 28.4 Å². The summed E-state index contributed by atoms with van der Waals surface area (Å²) in [5.74, 6) is -1.55. The lowest BCUT2D eigenvalue weighted by atomic mass is 9.87. The van der Waals surface area contributed by atoms with Crippen LogP contribution in [0.2, 0.25) is 0 Å². The van der Waals surface area contributed by atoms with Crippen molar-refractivity contribution < 1.29 is 19.4 Å². The standard InChI is InChI=1S/C14H13I3O4/c15-8-5-10(12(17)11(16)6-8)14(20)21-9-3-1-2-7(4-9)13(18)19/h5-7,9H,1-4H2,(H,18,19). The molecule has 0 saturated heterocycles. The molecule has 0 aliphatic heterocycles. The van der Waals surface area contributed by atoms with Gasteiger partial charge in [0.2, 0.25) is 0 Å². The molecule has 1 aliphatic carbocycles. The summed E-state index contributed by atoms with van der Waals surface area (Å²) in [4.78, 5) is 23.4. The number of carboxylic acids is 1. The van der Waals surface area contributed by atoms with Crippen LogP contribution in [-0.2, 0) is 9.53 Å². The minimum absolute atomic E-state index is 0.293. The smallest absolute Gasteiger partial charge is 0.339 e. The molecule has 2 atom stereocenters. The van der Waals surface area contributed by atoms with Crippen molar-refractivity contribution in [1.29, 1.82) is 0 Å². The number of esters is 1. The van der Waals surface area contributed by atoms with E-state index in [-0.39, 0.29) is 12.1 Å². The zero-order valence-electron chi connectivity index (χ0n) is 10.9. The van der Waals surface area contributed by atoms with Crippen LogP contribution in [-0.4, -0.2) is 23.1 Å². The van der Waals surface area contributed by atoms with Gasteiger partial charge in [-0.25, -0.2) is 4.79 Å². The fraction of sp³-hybridized carbons (Fsp3) is 0.429. The van der Waals surface area contributed by atoms with Crippen molar-refractivity contribution >= 4 is 79.7 Å². The number of carbonyl (C=O) groups is 2. The molecule has 2 unspecified atom stereocenters. The van der Waals surface area contributed by atoms with E-state index in [4.69, 9.17) is 9.84 Å². The first kappa shape index (κ1) is 17.7. The lowest BCUT2D eigenvalue weighted by Gasteiger charge is -2.26. The van der Waals surface area contributed by atoms with E-state index in [9.17, 15) is 9.59 Å². The normalized spacial score (nSPS) is 21.9. The molecule has 1 fully saturated rings. The predicted molar refractivity (Wildman–Crippen MR) is 103 cm³/mol. The molecular formula is C14H13I3O4. The molecule has 21 heavy (non-hydrogen) atoms. The Labute approximate surface area is 163 Å². The van der Waals surface area contributed by atoms with Gasteiger partial charge in [0.15, 0.2) is 0 Å². The molecule has 1 aromatic carbocycles. The van der Waals surface area contributed by atoms with Gasteiger partial charge in [-0.3, -0.25) is 4.79 Å². The predicted octanol–water partition coefficient (Wildman–Crippen LogP) is 4.30. The quantitative estimate of drug-likeness (QED) is 0.309. The molecule has 0 aromatic heterocycles. The molecule has 0 amide bonds. The van der Waals surface area contributed by atoms with Gasteiger partial charge in [-0.2, -0.15) is 0 Å². The average molecular weight is 626 g/mol. The summed E-state index contributed by atoms with van der Waals surface area (Å²) in [5, 5.41) is 9.08. The van der Waals surface area contributed by atoms with Crippen LogP contribution in [0.4, 0.5) is 0 Å². The number of aliphatic carboxylic acids is 1. The van der Waals surface area contributed by atoms with Gasteiger partial charge in [0.25, 0.3) is 0 Å². The van der Waals surface area contributed by atoms with Gasteiger partial charge in [0.05, 0.1) is 11.5 Å². The summed E-state index contributed by atoms with van der Waals surface area (Å²) in [7, 11) is 0. The molecule has 7 heteroatoms.